The van der Waals surface area contributed by atoms with Crippen LogP contribution in [0.2, 0.25) is 0 Å². The van der Waals surface area contributed by atoms with E-state index in [1.807, 2.05) is 5.57 Å². The van der Waals surface area contributed by atoms with Crippen LogP contribution in [-0.4, -0.2) is 0 Å². The minimum absolute atomic E-state index is 0.535. The Hall–Kier alpha value is -0.780. The molecule has 0 aliphatic heterocycles. The molecule has 0 nitrogen and oxygen atoms in total. The second-order valence-corrected chi connectivity index (χ2v) is 11.2. The summed E-state index contributed by atoms with van der Waals surface area (Å²) in [6.45, 7) is 14.0. The van der Waals surface area contributed by atoms with Crippen LogP contribution in [0.3, 0.4) is 0 Å². The summed E-state index contributed by atoms with van der Waals surface area (Å²) >= 11 is 0. The van der Waals surface area contributed by atoms with Crippen LogP contribution in [0.4, 0.5) is 0 Å². The summed E-state index contributed by atoms with van der Waals surface area (Å²) in [6.07, 6.45) is 21.8. The lowest BCUT2D eigenvalue weighted by atomic mass is 9.48. The molecule has 0 N–H and O–H groups in total. The quantitative estimate of drug-likeness (QED) is 0.441. The van der Waals surface area contributed by atoms with Crippen LogP contribution in [0, 0.1) is 40.4 Å². The zero-order valence-electron chi connectivity index (χ0n) is 18.4. The molecule has 150 valence electrons. The van der Waals surface area contributed by atoms with E-state index < -0.39 is 0 Å². The fourth-order valence-electron chi connectivity index (χ4n) is 8.07. The van der Waals surface area contributed by atoms with Crippen molar-refractivity contribution in [1.29, 1.82) is 0 Å². The van der Waals surface area contributed by atoms with E-state index in [9.17, 15) is 0 Å². The summed E-state index contributed by atoms with van der Waals surface area (Å²) in [7, 11) is 0. The Bertz CT molecular complexity index is 636. The largest absolute Gasteiger partial charge is 0.0998 e. The van der Waals surface area contributed by atoms with Crippen LogP contribution in [0.5, 0.6) is 0 Å². The first-order valence-electron chi connectivity index (χ1n) is 11.9. The monoisotopic (exact) mass is 366 g/mol. The molecule has 0 saturated heterocycles. The van der Waals surface area contributed by atoms with Gasteiger partial charge in [-0.05, 0) is 98.7 Å². The molecule has 7 atom stereocenters. The molecule has 0 aromatic rings. The summed E-state index contributed by atoms with van der Waals surface area (Å²) in [5.41, 5.74) is 4.35. The zero-order valence-corrected chi connectivity index (χ0v) is 18.4. The van der Waals surface area contributed by atoms with Crippen molar-refractivity contribution in [2.24, 2.45) is 40.4 Å². The van der Waals surface area contributed by atoms with Crippen molar-refractivity contribution >= 4 is 0 Å². The summed E-state index contributed by atoms with van der Waals surface area (Å²) in [4.78, 5) is 0. The van der Waals surface area contributed by atoms with Gasteiger partial charge in [0.15, 0.2) is 0 Å². The lowest BCUT2D eigenvalue weighted by Gasteiger charge is -2.57. The van der Waals surface area contributed by atoms with Crippen LogP contribution in [-0.2, 0) is 0 Å². The van der Waals surface area contributed by atoms with Crippen molar-refractivity contribution in [2.75, 3.05) is 0 Å². The predicted molar refractivity (Wildman–Crippen MR) is 118 cm³/mol. The van der Waals surface area contributed by atoms with Gasteiger partial charge < -0.3 is 0 Å². The van der Waals surface area contributed by atoms with Gasteiger partial charge in [-0.1, -0.05) is 69.6 Å². The third-order valence-corrected chi connectivity index (χ3v) is 9.61. The average molecular weight is 367 g/mol. The molecule has 4 aliphatic rings. The van der Waals surface area contributed by atoms with Gasteiger partial charge >= 0.3 is 0 Å². The average Bonchev–Trinajstić information content (AvgIpc) is 2.98. The summed E-state index contributed by atoms with van der Waals surface area (Å²) in [6, 6.07) is 0. The van der Waals surface area contributed by atoms with E-state index in [1.54, 1.807) is 0 Å². The molecule has 3 fully saturated rings. The molecule has 4 rings (SSSR count). The van der Waals surface area contributed by atoms with Crippen LogP contribution in [0.1, 0.15) is 91.9 Å². The highest BCUT2D eigenvalue weighted by Gasteiger charge is 2.57. The second-order valence-electron chi connectivity index (χ2n) is 11.2. The molecule has 3 saturated carbocycles. The number of hydrogen-bond acceptors (Lipinski definition) is 0. The zero-order chi connectivity index (χ0) is 19.2. The van der Waals surface area contributed by atoms with Crippen molar-refractivity contribution in [3.05, 3.63) is 36.0 Å². The first-order chi connectivity index (χ1) is 12.9. The van der Waals surface area contributed by atoms with Crippen molar-refractivity contribution in [1.82, 2.24) is 0 Å². The SMILES string of the molecule is C=C(C)CC=C[C@@H](C)[C@H]1CC[C@H]2C3=CCC4CCCC[C@]4(C)[C@H]3CC[C@]12C. The van der Waals surface area contributed by atoms with Gasteiger partial charge in [0.25, 0.3) is 0 Å². The van der Waals surface area contributed by atoms with E-state index >= 15 is 0 Å². The second kappa shape index (κ2) is 7.23. The molecule has 0 amide bonds. The molecule has 27 heavy (non-hydrogen) atoms. The van der Waals surface area contributed by atoms with Crippen LogP contribution in [0.25, 0.3) is 0 Å². The molecule has 0 aromatic carbocycles. The Labute approximate surface area is 168 Å². The lowest BCUT2D eigenvalue weighted by Crippen LogP contribution is -2.48. The fraction of sp³-hybridized carbons (Fsp3) is 0.778. The third kappa shape index (κ3) is 3.20. The number of fused-ring (bicyclic) bond motifs is 5. The summed E-state index contributed by atoms with van der Waals surface area (Å²) in [5.74, 6) is 4.33. The maximum atomic E-state index is 4.05. The number of allylic oxidation sites excluding steroid dienone is 5. The van der Waals surface area contributed by atoms with Crippen molar-refractivity contribution in [3.63, 3.8) is 0 Å². The third-order valence-electron chi connectivity index (χ3n) is 9.61. The van der Waals surface area contributed by atoms with E-state index in [2.05, 4.69) is 52.5 Å². The Morgan fingerprint density at radius 1 is 1.11 bits per heavy atom. The smallest absolute Gasteiger partial charge is 0.0143 e. The lowest BCUT2D eigenvalue weighted by molar-refractivity contribution is -0.00479. The van der Waals surface area contributed by atoms with Gasteiger partial charge in [-0.3, -0.25) is 0 Å². The van der Waals surface area contributed by atoms with Gasteiger partial charge in [-0.2, -0.15) is 0 Å². The summed E-state index contributed by atoms with van der Waals surface area (Å²) < 4.78 is 0. The van der Waals surface area contributed by atoms with Crippen LogP contribution in [0.15, 0.2) is 36.0 Å². The molecular formula is C27H42. The molecule has 4 aliphatic carbocycles. The first kappa shape index (κ1) is 19.5. The van der Waals surface area contributed by atoms with Crippen molar-refractivity contribution < 1.29 is 0 Å². The van der Waals surface area contributed by atoms with E-state index in [1.165, 1.54) is 63.4 Å². The molecule has 0 heterocycles. The van der Waals surface area contributed by atoms with Gasteiger partial charge in [-0.25, -0.2) is 0 Å². The van der Waals surface area contributed by atoms with E-state index in [0.717, 1.165) is 30.1 Å². The number of rotatable bonds is 4. The Kier molecular flexibility index (Phi) is 5.23. The van der Waals surface area contributed by atoms with Crippen LogP contribution < -0.4 is 0 Å². The van der Waals surface area contributed by atoms with Gasteiger partial charge in [0.05, 0.1) is 0 Å². The fourth-order valence-corrected chi connectivity index (χ4v) is 8.07. The van der Waals surface area contributed by atoms with Gasteiger partial charge in [0.2, 0.25) is 0 Å². The highest BCUT2D eigenvalue weighted by molar-refractivity contribution is 5.28. The number of hydrogen-bond donors (Lipinski definition) is 0. The molecule has 0 bridgehead atoms. The summed E-state index contributed by atoms with van der Waals surface area (Å²) in [5, 5.41) is 0. The molecule has 0 radical (unpaired) electrons. The Morgan fingerprint density at radius 2 is 1.89 bits per heavy atom. The standard InChI is InChI=1S/C27H42/c1-19(2)9-8-10-20(3)23-14-15-24-22-13-12-21-11-6-7-17-26(21,4)25(22)16-18-27(23,24)5/h8,10,13,20-21,23-25H,1,6-7,9,11-12,14-18H2,2-5H3/t20-,21?,23-,24+,25+,26+,27-/m1/s1. The molecule has 0 heteroatoms. The molecule has 0 aromatic heterocycles. The first-order valence-corrected chi connectivity index (χ1v) is 11.9. The Morgan fingerprint density at radius 3 is 2.67 bits per heavy atom. The molecule has 1 unspecified atom stereocenters. The predicted octanol–water partition coefficient (Wildman–Crippen LogP) is 8.11. The van der Waals surface area contributed by atoms with E-state index in [4.69, 9.17) is 0 Å². The highest BCUT2D eigenvalue weighted by Crippen LogP contribution is 2.66. The van der Waals surface area contributed by atoms with E-state index in [-0.39, 0.29) is 0 Å². The topological polar surface area (TPSA) is 0 Å². The van der Waals surface area contributed by atoms with Gasteiger partial charge in [-0.15, -0.1) is 0 Å². The van der Waals surface area contributed by atoms with Crippen LogP contribution >= 0.6 is 0 Å². The minimum atomic E-state index is 0.535. The molecule has 0 spiro atoms. The maximum Gasteiger partial charge on any atom is -0.0143 e. The maximum absolute atomic E-state index is 4.05. The van der Waals surface area contributed by atoms with Crippen molar-refractivity contribution in [2.45, 2.75) is 91.9 Å². The minimum Gasteiger partial charge on any atom is -0.0998 e. The highest BCUT2D eigenvalue weighted by atomic mass is 14.6. The van der Waals surface area contributed by atoms with Gasteiger partial charge in [0, 0.05) is 0 Å². The Balaban J connectivity index is 1.55. The normalized spacial score (nSPS) is 45.0. The van der Waals surface area contributed by atoms with E-state index in [0.29, 0.717) is 16.7 Å². The van der Waals surface area contributed by atoms with Gasteiger partial charge in [0.1, 0.15) is 0 Å². The molecular weight excluding hydrogens is 324 g/mol. The van der Waals surface area contributed by atoms with Crippen molar-refractivity contribution in [3.8, 4) is 0 Å².